The molecule has 0 spiro atoms. The molecule has 3 rings (SSSR count). The normalized spacial score (nSPS) is 15.8. The van der Waals surface area contributed by atoms with Crippen molar-refractivity contribution in [3.63, 3.8) is 0 Å². The van der Waals surface area contributed by atoms with Crippen molar-refractivity contribution in [2.45, 2.75) is 32.0 Å². The maximum atomic E-state index is 13.0. The molecular weight excluding hydrogens is 369 g/mol. The molecule has 1 saturated heterocycles. The summed E-state index contributed by atoms with van der Waals surface area (Å²) in [5.74, 6) is -0.541. The van der Waals surface area contributed by atoms with E-state index in [0.717, 1.165) is 11.2 Å². The van der Waals surface area contributed by atoms with Gasteiger partial charge in [0.25, 0.3) is 0 Å². The van der Waals surface area contributed by atoms with E-state index in [1.165, 1.54) is 42.7 Å². The molecule has 5 nitrogen and oxygen atoms in total. The summed E-state index contributed by atoms with van der Waals surface area (Å²) in [6, 6.07) is 5.26. The third kappa shape index (κ3) is 4.46. The van der Waals surface area contributed by atoms with E-state index >= 15 is 0 Å². The molecule has 140 valence electrons. The van der Waals surface area contributed by atoms with Gasteiger partial charge >= 0.3 is 12.1 Å². The van der Waals surface area contributed by atoms with Crippen molar-refractivity contribution in [3.05, 3.63) is 36.0 Å². The van der Waals surface area contributed by atoms with Crippen LogP contribution in [0.5, 0.6) is 10.8 Å². The van der Waals surface area contributed by atoms with E-state index in [0.29, 0.717) is 31.0 Å². The summed E-state index contributed by atoms with van der Waals surface area (Å²) in [6.07, 6.45) is -2.08. The highest BCUT2D eigenvalue weighted by Gasteiger charge is 2.35. The van der Waals surface area contributed by atoms with Crippen LogP contribution in [0.15, 0.2) is 30.5 Å². The minimum atomic E-state index is -4.44. The molecule has 0 radical (unpaired) electrons. The van der Waals surface area contributed by atoms with Gasteiger partial charge in [-0.05, 0) is 12.1 Å². The Morgan fingerprint density at radius 3 is 2.62 bits per heavy atom. The van der Waals surface area contributed by atoms with Crippen LogP contribution >= 0.6 is 11.3 Å². The van der Waals surface area contributed by atoms with Gasteiger partial charge in [-0.3, -0.25) is 4.79 Å². The zero-order valence-corrected chi connectivity index (χ0v) is 14.8. The zero-order valence-electron chi connectivity index (χ0n) is 14.0. The van der Waals surface area contributed by atoms with E-state index in [4.69, 9.17) is 9.47 Å². The third-order valence-electron chi connectivity index (χ3n) is 3.92. The van der Waals surface area contributed by atoms with Crippen LogP contribution in [-0.2, 0) is 11.0 Å². The summed E-state index contributed by atoms with van der Waals surface area (Å²) in [5, 5.41) is 1.14. The molecule has 26 heavy (non-hydrogen) atoms. The minimum Gasteiger partial charge on any atom is -0.490 e. The summed E-state index contributed by atoms with van der Waals surface area (Å²) >= 11 is 1.26. The van der Waals surface area contributed by atoms with Crippen LogP contribution < -0.4 is 14.4 Å². The van der Waals surface area contributed by atoms with Gasteiger partial charge in [0.05, 0.1) is 11.8 Å². The van der Waals surface area contributed by atoms with E-state index in [-0.39, 0.29) is 11.9 Å². The number of alkyl halides is 3. The highest BCUT2D eigenvalue weighted by atomic mass is 32.1. The van der Waals surface area contributed by atoms with Crippen LogP contribution in [0.3, 0.4) is 0 Å². The SMILES string of the molecule is CC(=O)Oc1cnc(N2CCC(Oc3ccccc3C(F)(F)F)CC2)s1. The Morgan fingerprint density at radius 2 is 1.96 bits per heavy atom. The van der Waals surface area contributed by atoms with Crippen molar-refractivity contribution in [1.29, 1.82) is 0 Å². The number of piperidine rings is 1. The second kappa shape index (κ2) is 7.53. The van der Waals surface area contributed by atoms with Crippen molar-refractivity contribution in [1.82, 2.24) is 4.98 Å². The smallest absolute Gasteiger partial charge is 0.419 e. The van der Waals surface area contributed by atoms with Crippen LogP contribution in [-0.4, -0.2) is 30.1 Å². The van der Waals surface area contributed by atoms with Crippen LogP contribution in [0, 0.1) is 0 Å². The van der Waals surface area contributed by atoms with Gasteiger partial charge in [-0.15, -0.1) is 0 Å². The zero-order chi connectivity index (χ0) is 18.7. The first-order chi connectivity index (χ1) is 12.3. The number of thiazole rings is 1. The second-order valence-corrected chi connectivity index (χ2v) is 6.83. The lowest BCUT2D eigenvalue weighted by molar-refractivity contribution is -0.139. The van der Waals surface area contributed by atoms with Crippen LogP contribution in [0.25, 0.3) is 0 Å². The van der Waals surface area contributed by atoms with Crippen molar-refractivity contribution in [2.75, 3.05) is 18.0 Å². The van der Waals surface area contributed by atoms with Crippen molar-refractivity contribution in [3.8, 4) is 10.8 Å². The second-order valence-electron chi connectivity index (χ2n) is 5.85. The number of anilines is 1. The number of carbonyl (C=O) groups is 1. The first-order valence-electron chi connectivity index (χ1n) is 8.05. The molecule has 1 aromatic carbocycles. The molecule has 0 saturated carbocycles. The summed E-state index contributed by atoms with van der Waals surface area (Å²) in [7, 11) is 0. The third-order valence-corrected chi connectivity index (χ3v) is 4.85. The van der Waals surface area contributed by atoms with Crippen molar-refractivity contribution < 1.29 is 27.4 Å². The standard InChI is InChI=1S/C17H17F3N2O3S/c1-11(23)24-15-10-21-16(26-15)22-8-6-12(7-9-22)25-14-5-3-2-4-13(14)17(18,19)20/h2-5,10,12H,6-9H2,1H3. The van der Waals surface area contributed by atoms with Gasteiger partial charge in [-0.25, -0.2) is 4.98 Å². The van der Waals surface area contributed by atoms with Gasteiger partial charge in [0.1, 0.15) is 11.9 Å². The fraction of sp³-hybridized carbons (Fsp3) is 0.412. The molecule has 0 unspecified atom stereocenters. The fourth-order valence-electron chi connectivity index (χ4n) is 2.73. The number of rotatable bonds is 4. The number of carbonyl (C=O) groups excluding carboxylic acids is 1. The number of hydrogen-bond acceptors (Lipinski definition) is 6. The quantitative estimate of drug-likeness (QED) is 0.740. The lowest BCUT2D eigenvalue weighted by atomic mass is 10.1. The van der Waals surface area contributed by atoms with Crippen molar-refractivity contribution >= 4 is 22.4 Å². The number of ether oxygens (including phenoxy) is 2. The van der Waals surface area contributed by atoms with E-state index in [9.17, 15) is 18.0 Å². The highest BCUT2D eigenvalue weighted by molar-refractivity contribution is 7.17. The Kier molecular flexibility index (Phi) is 5.36. The number of benzene rings is 1. The van der Waals surface area contributed by atoms with Gasteiger partial charge in [0.2, 0.25) is 5.06 Å². The van der Waals surface area contributed by atoms with Gasteiger partial charge in [0.15, 0.2) is 5.13 Å². The highest BCUT2D eigenvalue weighted by Crippen LogP contribution is 2.37. The van der Waals surface area contributed by atoms with Gasteiger partial charge in [-0.1, -0.05) is 23.5 Å². The molecule has 1 aromatic heterocycles. The Hall–Kier alpha value is -2.29. The van der Waals surface area contributed by atoms with E-state index in [2.05, 4.69) is 4.98 Å². The molecule has 1 fully saturated rings. The first kappa shape index (κ1) is 18.5. The Labute approximate surface area is 152 Å². The van der Waals surface area contributed by atoms with Gasteiger partial charge < -0.3 is 14.4 Å². The van der Waals surface area contributed by atoms with E-state index in [1.807, 2.05) is 4.90 Å². The van der Waals surface area contributed by atoms with E-state index < -0.39 is 17.7 Å². The molecule has 0 atom stereocenters. The molecule has 2 aromatic rings. The molecule has 2 heterocycles. The summed E-state index contributed by atoms with van der Waals surface area (Å²) in [4.78, 5) is 17.2. The number of esters is 1. The Morgan fingerprint density at radius 1 is 1.27 bits per heavy atom. The number of nitrogens with zero attached hydrogens (tertiary/aromatic N) is 2. The minimum absolute atomic E-state index is 0.134. The number of halogens is 3. The summed E-state index contributed by atoms with van der Waals surface area (Å²) in [6.45, 7) is 2.53. The monoisotopic (exact) mass is 386 g/mol. The van der Waals surface area contributed by atoms with E-state index in [1.54, 1.807) is 0 Å². The van der Waals surface area contributed by atoms with Crippen molar-refractivity contribution in [2.24, 2.45) is 0 Å². The summed E-state index contributed by atoms with van der Waals surface area (Å²) < 4.78 is 49.8. The molecule has 0 bridgehead atoms. The first-order valence-corrected chi connectivity index (χ1v) is 8.86. The molecule has 0 amide bonds. The number of aromatic nitrogens is 1. The molecular formula is C17H17F3N2O3S. The lowest BCUT2D eigenvalue weighted by Gasteiger charge is -2.32. The largest absolute Gasteiger partial charge is 0.490 e. The fourth-order valence-corrected chi connectivity index (χ4v) is 3.60. The molecule has 1 aliphatic heterocycles. The summed E-state index contributed by atoms with van der Waals surface area (Å²) in [5.41, 5.74) is -0.756. The molecule has 0 aliphatic carbocycles. The predicted octanol–water partition coefficient (Wildman–Crippen LogP) is 4.14. The predicted molar refractivity (Wildman–Crippen MR) is 90.7 cm³/mol. The van der Waals surface area contributed by atoms with Crippen LogP contribution in [0.2, 0.25) is 0 Å². The maximum Gasteiger partial charge on any atom is 0.419 e. The van der Waals surface area contributed by atoms with Gasteiger partial charge in [-0.2, -0.15) is 13.2 Å². The Bertz CT molecular complexity index is 771. The molecule has 0 N–H and O–H groups in total. The molecule has 9 heteroatoms. The number of para-hydroxylation sites is 1. The lowest BCUT2D eigenvalue weighted by Crippen LogP contribution is -2.38. The van der Waals surface area contributed by atoms with Crippen LogP contribution in [0.4, 0.5) is 18.3 Å². The van der Waals surface area contributed by atoms with Gasteiger partial charge in [0, 0.05) is 32.9 Å². The maximum absolute atomic E-state index is 13.0. The average molecular weight is 386 g/mol. The average Bonchev–Trinajstić information content (AvgIpc) is 3.03. The Balaban J connectivity index is 1.59. The number of hydrogen-bond donors (Lipinski definition) is 0. The van der Waals surface area contributed by atoms with Crippen LogP contribution in [0.1, 0.15) is 25.3 Å². The topological polar surface area (TPSA) is 51.7 Å². The molecule has 1 aliphatic rings.